The van der Waals surface area contributed by atoms with E-state index in [2.05, 4.69) is 44.9 Å². The van der Waals surface area contributed by atoms with Gasteiger partial charge >= 0.3 is 0 Å². The van der Waals surface area contributed by atoms with Gasteiger partial charge in [-0.3, -0.25) is 0 Å². The lowest BCUT2D eigenvalue weighted by Crippen LogP contribution is -1.84. The molecule has 0 unspecified atom stereocenters. The topological polar surface area (TPSA) is 0 Å². The third-order valence-corrected chi connectivity index (χ3v) is 3.27. The maximum atomic E-state index is 12.9. The van der Waals surface area contributed by atoms with Crippen molar-refractivity contribution in [3.8, 4) is 0 Å². The molecule has 1 rings (SSSR count). The molecule has 0 saturated carbocycles. The van der Waals surface area contributed by atoms with Crippen LogP contribution >= 0.6 is 31.9 Å². The van der Waals surface area contributed by atoms with Crippen LogP contribution in [0.25, 0.3) is 6.08 Å². The van der Waals surface area contributed by atoms with Crippen LogP contribution in [0, 0.1) is 5.82 Å². The van der Waals surface area contributed by atoms with E-state index in [9.17, 15) is 4.39 Å². The minimum absolute atomic E-state index is 0.223. The van der Waals surface area contributed by atoms with Crippen molar-refractivity contribution in [2.45, 2.75) is 13.3 Å². The maximum absolute atomic E-state index is 12.9. The van der Waals surface area contributed by atoms with Gasteiger partial charge < -0.3 is 0 Å². The van der Waals surface area contributed by atoms with Crippen LogP contribution in [0.3, 0.4) is 0 Å². The van der Waals surface area contributed by atoms with Crippen LogP contribution in [0.5, 0.6) is 0 Å². The van der Waals surface area contributed by atoms with Gasteiger partial charge in [0, 0.05) is 5.33 Å². The van der Waals surface area contributed by atoms with Crippen LogP contribution in [0.2, 0.25) is 0 Å². The SMILES string of the molecule is CC/C(=C/c1ccc(F)c(Br)c1)CBr. The van der Waals surface area contributed by atoms with Gasteiger partial charge in [0.1, 0.15) is 5.82 Å². The number of benzene rings is 1. The monoisotopic (exact) mass is 320 g/mol. The van der Waals surface area contributed by atoms with Crippen molar-refractivity contribution in [3.63, 3.8) is 0 Å². The summed E-state index contributed by atoms with van der Waals surface area (Å²) in [6, 6.07) is 5.03. The summed E-state index contributed by atoms with van der Waals surface area (Å²) in [7, 11) is 0. The largest absolute Gasteiger partial charge is 0.206 e. The van der Waals surface area contributed by atoms with E-state index < -0.39 is 0 Å². The molecule has 0 nitrogen and oxygen atoms in total. The van der Waals surface area contributed by atoms with Gasteiger partial charge in [0.2, 0.25) is 0 Å². The van der Waals surface area contributed by atoms with Crippen LogP contribution in [0.4, 0.5) is 4.39 Å². The average Bonchev–Trinajstić information content (AvgIpc) is 2.19. The molecule has 1 aromatic carbocycles. The molecule has 0 saturated heterocycles. The Hall–Kier alpha value is -0.150. The van der Waals surface area contributed by atoms with Gasteiger partial charge in [-0.1, -0.05) is 40.6 Å². The quantitative estimate of drug-likeness (QED) is 0.703. The van der Waals surface area contributed by atoms with Crippen molar-refractivity contribution in [2.75, 3.05) is 5.33 Å². The van der Waals surface area contributed by atoms with Gasteiger partial charge in [-0.25, -0.2) is 4.39 Å². The molecule has 0 aliphatic rings. The third-order valence-electron chi connectivity index (χ3n) is 1.94. The normalized spacial score (nSPS) is 11.9. The van der Waals surface area contributed by atoms with Crippen LogP contribution in [0.15, 0.2) is 28.2 Å². The Morgan fingerprint density at radius 1 is 1.50 bits per heavy atom. The summed E-state index contributed by atoms with van der Waals surface area (Å²) in [6.07, 6.45) is 3.07. The second-order valence-electron chi connectivity index (χ2n) is 2.96. The Morgan fingerprint density at radius 3 is 2.71 bits per heavy atom. The molecule has 0 fully saturated rings. The summed E-state index contributed by atoms with van der Waals surface area (Å²) in [5.74, 6) is -0.223. The van der Waals surface area contributed by atoms with Gasteiger partial charge in [0.25, 0.3) is 0 Å². The Balaban J connectivity index is 2.97. The number of alkyl halides is 1. The second kappa shape index (κ2) is 5.66. The van der Waals surface area contributed by atoms with Gasteiger partial charge in [-0.2, -0.15) is 0 Å². The summed E-state index contributed by atoms with van der Waals surface area (Å²) in [4.78, 5) is 0. The van der Waals surface area contributed by atoms with E-state index in [1.165, 1.54) is 11.6 Å². The van der Waals surface area contributed by atoms with E-state index in [4.69, 9.17) is 0 Å². The van der Waals surface area contributed by atoms with Crippen LogP contribution in [0.1, 0.15) is 18.9 Å². The lowest BCUT2D eigenvalue weighted by atomic mass is 10.1. The highest BCUT2D eigenvalue weighted by molar-refractivity contribution is 9.10. The standard InChI is InChI=1S/C11H11Br2F/c1-2-8(7-12)5-9-3-4-11(14)10(13)6-9/h3-6H,2,7H2,1H3/b8-5-. The van der Waals surface area contributed by atoms with E-state index in [0.29, 0.717) is 4.47 Å². The number of hydrogen-bond acceptors (Lipinski definition) is 0. The predicted octanol–water partition coefficient (Wildman–Crippen LogP) is 4.78. The lowest BCUT2D eigenvalue weighted by molar-refractivity contribution is 0.621. The Kier molecular flexibility index (Phi) is 4.82. The van der Waals surface area contributed by atoms with E-state index >= 15 is 0 Å². The highest BCUT2D eigenvalue weighted by atomic mass is 79.9. The summed E-state index contributed by atoms with van der Waals surface area (Å²) in [5.41, 5.74) is 2.32. The van der Waals surface area contributed by atoms with E-state index in [1.807, 2.05) is 0 Å². The first-order chi connectivity index (χ1) is 6.67. The second-order valence-corrected chi connectivity index (χ2v) is 4.38. The zero-order valence-electron chi connectivity index (χ0n) is 7.86. The fraction of sp³-hybridized carbons (Fsp3) is 0.273. The third kappa shape index (κ3) is 3.21. The molecule has 14 heavy (non-hydrogen) atoms. The highest BCUT2D eigenvalue weighted by Crippen LogP contribution is 2.19. The highest BCUT2D eigenvalue weighted by Gasteiger charge is 1.99. The van der Waals surface area contributed by atoms with Gasteiger partial charge in [0.15, 0.2) is 0 Å². The summed E-state index contributed by atoms with van der Waals surface area (Å²) in [6.45, 7) is 2.10. The zero-order valence-corrected chi connectivity index (χ0v) is 11.0. The molecule has 0 aliphatic carbocycles. The molecule has 0 spiro atoms. The number of allylic oxidation sites excluding steroid dienone is 1. The zero-order chi connectivity index (χ0) is 10.6. The van der Waals surface area contributed by atoms with E-state index in [1.54, 1.807) is 12.1 Å². The van der Waals surface area contributed by atoms with Crippen molar-refractivity contribution in [2.24, 2.45) is 0 Å². The van der Waals surface area contributed by atoms with Crippen LogP contribution in [-0.2, 0) is 0 Å². The average molecular weight is 322 g/mol. The molecule has 0 bridgehead atoms. The Labute approximate surface area is 100 Å². The molecular weight excluding hydrogens is 311 g/mol. The molecule has 3 heteroatoms. The van der Waals surface area contributed by atoms with Gasteiger partial charge in [-0.15, -0.1) is 0 Å². The van der Waals surface area contributed by atoms with Gasteiger partial charge in [-0.05, 0) is 40.0 Å². The molecule has 0 amide bonds. The van der Waals surface area contributed by atoms with Crippen LogP contribution < -0.4 is 0 Å². The fourth-order valence-electron chi connectivity index (χ4n) is 1.07. The van der Waals surface area contributed by atoms with Crippen molar-refractivity contribution in [3.05, 3.63) is 39.6 Å². The predicted molar refractivity (Wildman–Crippen MR) is 66.2 cm³/mol. The first-order valence-electron chi connectivity index (χ1n) is 4.37. The van der Waals surface area contributed by atoms with Crippen molar-refractivity contribution >= 4 is 37.9 Å². The summed E-state index contributed by atoms with van der Waals surface area (Å²) in [5, 5.41) is 0.860. The molecule has 0 atom stereocenters. The number of halogens is 3. The number of hydrogen-bond donors (Lipinski definition) is 0. The van der Waals surface area contributed by atoms with E-state index in [-0.39, 0.29) is 5.82 Å². The minimum Gasteiger partial charge on any atom is -0.206 e. The number of rotatable bonds is 3. The van der Waals surface area contributed by atoms with Crippen LogP contribution in [-0.4, -0.2) is 5.33 Å². The molecule has 0 aliphatic heterocycles. The molecule has 0 aromatic heterocycles. The van der Waals surface area contributed by atoms with Crippen molar-refractivity contribution < 1.29 is 4.39 Å². The van der Waals surface area contributed by atoms with Gasteiger partial charge in [0.05, 0.1) is 4.47 Å². The molecule has 1 aromatic rings. The fourth-order valence-corrected chi connectivity index (χ4v) is 2.03. The lowest BCUT2D eigenvalue weighted by Gasteiger charge is -2.01. The van der Waals surface area contributed by atoms with Crippen molar-refractivity contribution in [1.29, 1.82) is 0 Å². The summed E-state index contributed by atoms with van der Waals surface area (Å²) >= 11 is 6.58. The minimum atomic E-state index is -0.223. The maximum Gasteiger partial charge on any atom is 0.137 e. The van der Waals surface area contributed by atoms with E-state index in [0.717, 1.165) is 17.3 Å². The molecule has 0 radical (unpaired) electrons. The first kappa shape index (κ1) is 11.9. The Morgan fingerprint density at radius 2 is 2.21 bits per heavy atom. The molecule has 76 valence electrons. The summed E-state index contributed by atoms with van der Waals surface area (Å²) < 4.78 is 13.4. The molecular formula is C11H11Br2F. The Bertz CT molecular complexity index is 339. The van der Waals surface area contributed by atoms with Crippen molar-refractivity contribution in [1.82, 2.24) is 0 Å². The first-order valence-corrected chi connectivity index (χ1v) is 6.29. The smallest absolute Gasteiger partial charge is 0.137 e. The molecule has 0 heterocycles. The molecule has 0 N–H and O–H groups in total.